The number of rotatable bonds is 8. The van der Waals surface area contributed by atoms with Crippen molar-refractivity contribution in [1.29, 1.82) is 0 Å². The lowest BCUT2D eigenvalue weighted by Crippen LogP contribution is -2.55. The molecule has 0 aliphatic carbocycles. The molecule has 0 aliphatic rings. The third-order valence-electron chi connectivity index (χ3n) is 4.15. The van der Waals surface area contributed by atoms with Gasteiger partial charge in [0.05, 0.1) is 12.0 Å². The van der Waals surface area contributed by atoms with E-state index >= 15 is 0 Å². The minimum Gasteiger partial charge on any atom is -0.508 e. The summed E-state index contributed by atoms with van der Waals surface area (Å²) < 4.78 is 32.7. The number of carboxylic acids is 1. The molecule has 2 rings (SSSR count). The van der Waals surface area contributed by atoms with E-state index in [1.54, 1.807) is 19.1 Å². The second kappa shape index (κ2) is 7.76. The first kappa shape index (κ1) is 19.7. The summed E-state index contributed by atoms with van der Waals surface area (Å²) in [6, 6.07) is 11.7. The number of ether oxygens (including phenoxy) is 1. The van der Waals surface area contributed by atoms with Crippen LogP contribution in [0.1, 0.15) is 18.9 Å². The summed E-state index contributed by atoms with van der Waals surface area (Å²) in [5.41, 5.74) is -1.13. The summed E-state index contributed by atoms with van der Waals surface area (Å²) in [5.74, 6) is -0.733. The van der Waals surface area contributed by atoms with Gasteiger partial charge < -0.3 is 14.9 Å². The molecule has 0 aromatic heterocycles. The first-order valence-electron chi connectivity index (χ1n) is 7.92. The second-order valence-electron chi connectivity index (χ2n) is 5.87. The Kier molecular flexibility index (Phi) is 5.89. The van der Waals surface area contributed by atoms with Crippen molar-refractivity contribution in [3.63, 3.8) is 0 Å². The molecule has 0 saturated carbocycles. The Morgan fingerprint density at radius 3 is 2.15 bits per heavy atom. The zero-order chi connectivity index (χ0) is 19.4. The molecule has 2 aromatic rings. The summed E-state index contributed by atoms with van der Waals surface area (Å²) in [7, 11) is -2.60. The van der Waals surface area contributed by atoms with Crippen LogP contribution in [0.2, 0.25) is 0 Å². The SMILES string of the molecule is CC[C@@](Cc1ccc(O)cc1)(NS(=O)(=O)c1ccc(OC)cc1)C(=O)O. The fourth-order valence-electron chi connectivity index (χ4n) is 2.54. The lowest BCUT2D eigenvalue weighted by Gasteiger charge is -2.29. The number of aromatic hydroxyl groups is 1. The van der Waals surface area contributed by atoms with E-state index in [0.29, 0.717) is 11.3 Å². The summed E-state index contributed by atoms with van der Waals surface area (Å²) in [6.45, 7) is 1.60. The van der Waals surface area contributed by atoms with Gasteiger partial charge in [-0.05, 0) is 48.4 Å². The molecule has 3 N–H and O–H groups in total. The van der Waals surface area contributed by atoms with Crippen LogP contribution in [-0.4, -0.2) is 37.2 Å². The Hall–Kier alpha value is -2.58. The molecule has 2 aromatic carbocycles. The Labute approximate surface area is 152 Å². The van der Waals surface area contributed by atoms with Gasteiger partial charge in [0.15, 0.2) is 0 Å². The van der Waals surface area contributed by atoms with Crippen LogP contribution in [0.5, 0.6) is 11.5 Å². The molecule has 0 saturated heterocycles. The van der Waals surface area contributed by atoms with E-state index in [9.17, 15) is 23.4 Å². The second-order valence-corrected chi connectivity index (χ2v) is 7.55. The van der Waals surface area contributed by atoms with Gasteiger partial charge >= 0.3 is 5.97 Å². The van der Waals surface area contributed by atoms with Crippen LogP contribution < -0.4 is 9.46 Å². The summed E-state index contributed by atoms with van der Waals surface area (Å²) in [5, 5.41) is 19.1. The van der Waals surface area contributed by atoms with Gasteiger partial charge in [-0.15, -0.1) is 0 Å². The molecule has 0 fully saturated rings. The number of carbonyl (C=O) groups is 1. The van der Waals surface area contributed by atoms with Crippen molar-refractivity contribution in [3.8, 4) is 11.5 Å². The van der Waals surface area contributed by atoms with Crippen LogP contribution in [0.3, 0.4) is 0 Å². The van der Waals surface area contributed by atoms with Gasteiger partial charge in [0, 0.05) is 6.42 Å². The number of carboxylic acid groups (broad SMARTS) is 1. The standard InChI is InChI=1S/C18H21NO6S/c1-3-18(17(21)22,12-13-4-6-14(20)7-5-13)19-26(23,24)16-10-8-15(25-2)9-11-16/h4-11,19-20H,3,12H2,1-2H3,(H,21,22)/t18-/m0/s1. The van der Waals surface area contributed by atoms with Crippen molar-refractivity contribution in [3.05, 3.63) is 54.1 Å². The monoisotopic (exact) mass is 379 g/mol. The predicted molar refractivity (Wildman–Crippen MR) is 95.8 cm³/mol. The average Bonchev–Trinajstić information content (AvgIpc) is 2.62. The van der Waals surface area contributed by atoms with E-state index in [1.165, 1.54) is 43.5 Å². The highest BCUT2D eigenvalue weighted by molar-refractivity contribution is 7.89. The fourth-order valence-corrected chi connectivity index (χ4v) is 3.97. The summed E-state index contributed by atoms with van der Waals surface area (Å²) in [4.78, 5) is 11.9. The zero-order valence-corrected chi connectivity index (χ0v) is 15.3. The quantitative estimate of drug-likeness (QED) is 0.648. The molecule has 0 radical (unpaired) electrons. The Bertz CT molecular complexity index is 862. The lowest BCUT2D eigenvalue weighted by molar-refractivity contribution is -0.144. The number of hydrogen-bond acceptors (Lipinski definition) is 5. The van der Waals surface area contributed by atoms with E-state index in [0.717, 1.165) is 0 Å². The highest BCUT2D eigenvalue weighted by Gasteiger charge is 2.41. The molecule has 0 bridgehead atoms. The molecule has 0 amide bonds. The van der Waals surface area contributed by atoms with Gasteiger partial charge in [-0.3, -0.25) is 4.79 Å². The normalized spacial score (nSPS) is 13.8. The first-order chi connectivity index (χ1) is 12.2. The number of nitrogens with one attached hydrogen (secondary N) is 1. The van der Waals surface area contributed by atoms with Gasteiger partial charge in [0.25, 0.3) is 0 Å². The largest absolute Gasteiger partial charge is 0.508 e. The molecule has 7 nitrogen and oxygen atoms in total. The third kappa shape index (κ3) is 4.33. The van der Waals surface area contributed by atoms with Crippen LogP contribution in [0, 0.1) is 0 Å². The molecular formula is C18H21NO6S. The van der Waals surface area contributed by atoms with Crippen LogP contribution in [0.4, 0.5) is 0 Å². The maximum absolute atomic E-state index is 12.7. The van der Waals surface area contributed by atoms with Crippen LogP contribution in [0.15, 0.2) is 53.4 Å². The van der Waals surface area contributed by atoms with Crippen molar-refractivity contribution in [2.45, 2.75) is 30.2 Å². The predicted octanol–water partition coefficient (Wildman–Crippen LogP) is 2.16. The summed E-state index contributed by atoms with van der Waals surface area (Å²) in [6.07, 6.45) is -0.0207. The number of sulfonamides is 1. The van der Waals surface area contributed by atoms with E-state index in [-0.39, 0.29) is 23.5 Å². The zero-order valence-electron chi connectivity index (χ0n) is 14.5. The van der Waals surface area contributed by atoms with Gasteiger partial charge in [0.1, 0.15) is 17.0 Å². The van der Waals surface area contributed by atoms with Crippen molar-refractivity contribution < 1.29 is 28.2 Å². The van der Waals surface area contributed by atoms with Crippen molar-refractivity contribution >= 4 is 16.0 Å². The molecule has 8 heteroatoms. The molecule has 26 heavy (non-hydrogen) atoms. The lowest BCUT2D eigenvalue weighted by atomic mass is 9.89. The molecular weight excluding hydrogens is 358 g/mol. The molecule has 140 valence electrons. The van der Waals surface area contributed by atoms with Gasteiger partial charge in [-0.2, -0.15) is 4.72 Å². The van der Waals surface area contributed by atoms with Crippen LogP contribution in [-0.2, 0) is 21.2 Å². The van der Waals surface area contributed by atoms with Gasteiger partial charge in [0.2, 0.25) is 10.0 Å². The molecule has 0 aliphatic heterocycles. The Morgan fingerprint density at radius 1 is 1.12 bits per heavy atom. The molecule has 0 spiro atoms. The van der Waals surface area contributed by atoms with E-state index in [2.05, 4.69) is 4.72 Å². The molecule has 1 atom stereocenters. The topological polar surface area (TPSA) is 113 Å². The van der Waals surface area contributed by atoms with Crippen molar-refractivity contribution in [2.75, 3.05) is 7.11 Å². The third-order valence-corrected chi connectivity index (χ3v) is 5.71. The number of benzene rings is 2. The Balaban J connectivity index is 2.36. The van der Waals surface area contributed by atoms with Crippen LogP contribution >= 0.6 is 0 Å². The number of methoxy groups -OCH3 is 1. The minimum atomic E-state index is -4.06. The number of phenols is 1. The molecule has 0 heterocycles. The van der Waals surface area contributed by atoms with E-state index in [1.807, 2.05) is 0 Å². The van der Waals surface area contributed by atoms with Gasteiger partial charge in [-0.25, -0.2) is 8.42 Å². The highest BCUT2D eigenvalue weighted by atomic mass is 32.2. The highest BCUT2D eigenvalue weighted by Crippen LogP contribution is 2.24. The van der Waals surface area contributed by atoms with E-state index < -0.39 is 21.5 Å². The number of phenolic OH excluding ortho intramolecular Hbond substituents is 1. The summed E-state index contributed by atoms with van der Waals surface area (Å²) >= 11 is 0. The maximum atomic E-state index is 12.7. The van der Waals surface area contributed by atoms with Crippen LogP contribution in [0.25, 0.3) is 0 Å². The van der Waals surface area contributed by atoms with Crippen molar-refractivity contribution in [1.82, 2.24) is 4.72 Å². The van der Waals surface area contributed by atoms with E-state index in [4.69, 9.17) is 4.74 Å². The smallest absolute Gasteiger partial charge is 0.325 e. The number of hydrogen-bond donors (Lipinski definition) is 3. The van der Waals surface area contributed by atoms with Gasteiger partial charge in [-0.1, -0.05) is 19.1 Å². The number of aliphatic carboxylic acids is 1. The maximum Gasteiger partial charge on any atom is 0.325 e. The molecule has 0 unspecified atom stereocenters. The minimum absolute atomic E-state index is 0.0403. The first-order valence-corrected chi connectivity index (χ1v) is 9.40. The van der Waals surface area contributed by atoms with Crippen molar-refractivity contribution in [2.24, 2.45) is 0 Å². The Morgan fingerprint density at radius 2 is 1.69 bits per heavy atom. The average molecular weight is 379 g/mol. The fraction of sp³-hybridized carbons (Fsp3) is 0.278.